The van der Waals surface area contributed by atoms with Crippen LogP contribution in [0.5, 0.6) is 17.2 Å². The van der Waals surface area contributed by atoms with Gasteiger partial charge in [-0.1, -0.05) is 12.1 Å². The summed E-state index contributed by atoms with van der Waals surface area (Å²) in [7, 11) is 3.21. The molecule has 156 valence electrons. The summed E-state index contributed by atoms with van der Waals surface area (Å²) >= 11 is 0. The van der Waals surface area contributed by atoms with Crippen LogP contribution in [0.15, 0.2) is 42.5 Å². The number of para-hydroxylation sites is 1. The number of carbonyl (C=O) groups is 2. The van der Waals surface area contributed by atoms with Crippen molar-refractivity contribution in [2.45, 2.75) is 31.4 Å². The van der Waals surface area contributed by atoms with Crippen molar-refractivity contribution in [3.63, 3.8) is 0 Å². The van der Waals surface area contributed by atoms with Gasteiger partial charge in [0, 0.05) is 24.4 Å². The molecule has 2 aliphatic carbocycles. The number of benzene rings is 2. The molecule has 0 aromatic heterocycles. The van der Waals surface area contributed by atoms with Gasteiger partial charge in [-0.05, 0) is 48.6 Å². The van der Waals surface area contributed by atoms with Crippen molar-refractivity contribution in [3.05, 3.63) is 53.6 Å². The van der Waals surface area contributed by atoms with Gasteiger partial charge in [0.25, 0.3) is 0 Å². The molecule has 2 aromatic rings. The van der Waals surface area contributed by atoms with Crippen LogP contribution in [-0.4, -0.2) is 31.5 Å². The number of carbonyl (C=O) groups excluding carboxylic acids is 2. The Labute approximate surface area is 175 Å². The molecule has 6 heteroatoms. The van der Waals surface area contributed by atoms with Gasteiger partial charge in [0.15, 0.2) is 5.78 Å². The monoisotopic (exact) mass is 407 g/mol. The number of Topliss-reactive ketones (excluding diaryl/α,β-unsaturated/α-hetero) is 1. The Morgan fingerprint density at radius 3 is 2.63 bits per heavy atom. The lowest BCUT2D eigenvalue weighted by Gasteiger charge is -2.37. The van der Waals surface area contributed by atoms with E-state index in [9.17, 15) is 9.59 Å². The van der Waals surface area contributed by atoms with Crippen molar-refractivity contribution in [2.75, 3.05) is 14.2 Å². The highest BCUT2D eigenvalue weighted by atomic mass is 16.5. The van der Waals surface area contributed by atoms with Crippen LogP contribution in [-0.2, 0) is 11.3 Å². The van der Waals surface area contributed by atoms with Gasteiger partial charge in [-0.2, -0.15) is 0 Å². The second-order valence-corrected chi connectivity index (χ2v) is 8.46. The fourth-order valence-corrected chi connectivity index (χ4v) is 5.39. The summed E-state index contributed by atoms with van der Waals surface area (Å²) in [5, 5.41) is 3.05. The summed E-state index contributed by atoms with van der Waals surface area (Å²) < 4.78 is 17.0. The topological polar surface area (TPSA) is 73.9 Å². The molecule has 5 rings (SSSR count). The molecule has 6 nitrogen and oxygen atoms in total. The maximum Gasteiger partial charge on any atom is 0.224 e. The van der Waals surface area contributed by atoms with Crippen molar-refractivity contribution in [3.8, 4) is 17.2 Å². The van der Waals surface area contributed by atoms with Crippen molar-refractivity contribution in [1.29, 1.82) is 0 Å². The van der Waals surface area contributed by atoms with Crippen LogP contribution in [0.4, 0.5) is 0 Å². The van der Waals surface area contributed by atoms with Gasteiger partial charge in [-0.15, -0.1) is 0 Å². The highest BCUT2D eigenvalue weighted by Gasteiger charge is 2.70. The first-order chi connectivity index (χ1) is 14.5. The number of ether oxygens (including phenoxy) is 3. The standard InChI is InChI=1S/C24H25NO5/c1-28-15-9-14(10-16(11-15)29-2)13-25-23(27)21-18-7-8-24(22(18)21)12-19(26)17-5-3-4-6-20(17)30-24/h3-6,9-11,18,21-22H,7-8,12-13H2,1-2H3,(H,25,27)/t18-,21+,22-,24+/m0/s1. The molecule has 1 aliphatic heterocycles. The quantitative estimate of drug-likeness (QED) is 0.823. The van der Waals surface area contributed by atoms with Gasteiger partial charge in [0.1, 0.15) is 22.8 Å². The number of fused-ring (bicyclic) bond motifs is 3. The summed E-state index contributed by atoms with van der Waals surface area (Å²) in [5.41, 5.74) is 1.04. The molecular formula is C24H25NO5. The first-order valence-electron chi connectivity index (χ1n) is 10.4. The summed E-state index contributed by atoms with van der Waals surface area (Å²) in [6, 6.07) is 13.0. The highest BCUT2D eigenvalue weighted by Crippen LogP contribution is 2.65. The maximum absolute atomic E-state index is 12.9. The van der Waals surface area contributed by atoms with Gasteiger partial charge < -0.3 is 19.5 Å². The largest absolute Gasteiger partial charge is 0.497 e. The van der Waals surface area contributed by atoms with E-state index in [1.807, 2.05) is 36.4 Å². The molecule has 4 atom stereocenters. The normalized spacial score (nSPS) is 28.3. The van der Waals surface area contributed by atoms with Crippen molar-refractivity contribution < 1.29 is 23.8 Å². The Morgan fingerprint density at radius 2 is 1.90 bits per heavy atom. The summed E-state index contributed by atoms with van der Waals surface area (Å²) in [6.45, 7) is 0.401. The lowest BCUT2D eigenvalue weighted by Crippen LogP contribution is -2.44. The number of hydrogen-bond acceptors (Lipinski definition) is 5. The second kappa shape index (κ2) is 7.04. The van der Waals surface area contributed by atoms with E-state index in [0.717, 1.165) is 18.4 Å². The van der Waals surface area contributed by atoms with Crippen molar-refractivity contribution in [2.24, 2.45) is 17.8 Å². The van der Waals surface area contributed by atoms with Crippen LogP contribution >= 0.6 is 0 Å². The molecule has 2 aromatic carbocycles. The average Bonchev–Trinajstić information content (AvgIpc) is 3.42. The molecule has 1 spiro atoms. The van der Waals surface area contributed by atoms with E-state index in [-0.39, 0.29) is 23.5 Å². The predicted octanol–water partition coefficient (Wildman–Crippen LogP) is 3.38. The van der Waals surface area contributed by atoms with E-state index < -0.39 is 5.60 Å². The van der Waals surface area contributed by atoms with Crippen LogP contribution in [0.25, 0.3) is 0 Å². The molecule has 2 fully saturated rings. The number of nitrogens with one attached hydrogen (secondary N) is 1. The highest BCUT2D eigenvalue weighted by molar-refractivity contribution is 6.00. The number of rotatable bonds is 5. The third-order valence-electron chi connectivity index (χ3n) is 6.82. The van der Waals surface area contributed by atoms with E-state index in [2.05, 4.69) is 5.32 Å². The number of methoxy groups -OCH3 is 2. The van der Waals surface area contributed by atoms with Gasteiger partial charge in [-0.3, -0.25) is 9.59 Å². The number of hydrogen-bond donors (Lipinski definition) is 1. The first kappa shape index (κ1) is 19.0. The third-order valence-corrected chi connectivity index (χ3v) is 6.82. The van der Waals surface area contributed by atoms with E-state index >= 15 is 0 Å². The number of ketones is 1. The lowest BCUT2D eigenvalue weighted by atomic mass is 9.84. The summed E-state index contributed by atoms with van der Waals surface area (Å²) in [4.78, 5) is 25.7. The Balaban J connectivity index is 1.28. The van der Waals surface area contributed by atoms with Gasteiger partial charge in [-0.25, -0.2) is 0 Å². The minimum atomic E-state index is -0.530. The number of amides is 1. The molecule has 0 radical (unpaired) electrons. The SMILES string of the molecule is COc1cc(CNC(=O)[C@@H]2[C@@H]3CC[C@@]4(CC(=O)c5ccccc5O4)[C@@H]32)cc(OC)c1. The molecule has 1 amide bonds. The molecule has 0 unspecified atom stereocenters. The minimum Gasteiger partial charge on any atom is -0.497 e. The Kier molecular flexibility index (Phi) is 4.45. The van der Waals surface area contributed by atoms with E-state index in [4.69, 9.17) is 14.2 Å². The lowest BCUT2D eigenvalue weighted by molar-refractivity contribution is -0.124. The van der Waals surface area contributed by atoms with Gasteiger partial charge in [0.2, 0.25) is 5.91 Å². The Hall–Kier alpha value is -3.02. The van der Waals surface area contributed by atoms with Crippen molar-refractivity contribution in [1.82, 2.24) is 5.32 Å². The molecule has 1 heterocycles. The minimum absolute atomic E-state index is 0.0285. The zero-order valence-corrected chi connectivity index (χ0v) is 17.1. The molecule has 1 N–H and O–H groups in total. The maximum atomic E-state index is 12.9. The van der Waals surface area contributed by atoms with Gasteiger partial charge in [0.05, 0.1) is 26.2 Å². The van der Waals surface area contributed by atoms with E-state index in [1.54, 1.807) is 20.3 Å². The van der Waals surface area contributed by atoms with Crippen LogP contribution in [0.2, 0.25) is 0 Å². The molecule has 0 bridgehead atoms. The zero-order chi connectivity index (χ0) is 20.9. The molecule has 0 saturated heterocycles. The van der Waals surface area contributed by atoms with E-state index in [0.29, 0.717) is 41.7 Å². The Morgan fingerprint density at radius 1 is 1.17 bits per heavy atom. The Bertz CT molecular complexity index is 996. The van der Waals surface area contributed by atoms with Crippen LogP contribution in [0.3, 0.4) is 0 Å². The molecular weight excluding hydrogens is 382 g/mol. The molecule has 30 heavy (non-hydrogen) atoms. The summed E-state index contributed by atoms with van der Waals surface area (Å²) in [5.74, 6) is 2.49. The summed E-state index contributed by atoms with van der Waals surface area (Å²) in [6.07, 6.45) is 2.12. The second-order valence-electron chi connectivity index (χ2n) is 8.46. The van der Waals surface area contributed by atoms with Gasteiger partial charge >= 0.3 is 0 Å². The first-order valence-corrected chi connectivity index (χ1v) is 10.4. The van der Waals surface area contributed by atoms with E-state index in [1.165, 1.54) is 0 Å². The third kappa shape index (κ3) is 3.02. The molecule has 3 aliphatic rings. The van der Waals surface area contributed by atoms with Crippen molar-refractivity contribution >= 4 is 11.7 Å². The molecule has 2 saturated carbocycles. The smallest absolute Gasteiger partial charge is 0.224 e. The van der Waals surface area contributed by atoms with Crippen LogP contribution in [0.1, 0.15) is 35.2 Å². The van der Waals surface area contributed by atoms with Crippen LogP contribution < -0.4 is 19.5 Å². The predicted molar refractivity (Wildman–Crippen MR) is 110 cm³/mol. The van der Waals surface area contributed by atoms with Crippen LogP contribution in [0, 0.1) is 17.8 Å². The fraction of sp³-hybridized carbons (Fsp3) is 0.417. The fourth-order valence-electron chi connectivity index (χ4n) is 5.39. The average molecular weight is 407 g/mol. The zero-order valence-electron chi connectivity index (χ0n) is 17.1.